The zero-order chi connectivity index (χ0) is 7.23. The molecule has 0 heterocycles. The highest BCUT2D eigenvalue weighted by molar-refractivity contribution is 4.86. The van der Waals surface area contributed by atoms with Crippen LogP contribution in [0.15, 0.2) is 0 Å². The lowest BCUT2D eigenvalue weighted by Gasteiger charge is -2.23. The molecule has 1 aliphatic carbocycles. The summed E-state index contributed by atoms with van der Waals surface area (Å²) in [4.78, 5) is 0. The number of unbranched alkanes of at least 4 members (excludes halogenated alkanes) is 3. The Balaban J connectivity index is 1.76. The molecule has 1 atom stereocenters. The summed E-state index contributed by atoms with van der Waals surface area (Å²) in [7, 11) is 0. The van der Waals surface area contributed by atoms with Gasteiger partial charge in [-0.15, -0.1) is 0 Å². The summed E-state index contributed by atoms with van der Waals surface area (Å²) in [5, 5.41) is 0. The van der Waals surface area contributed by atoms with E-state index in [1.165, 1.54) is 44.9 Å². The highest BCUT2D eigenvalue weighted by atomic mass is 14.2. The summed E-state index contributed by atoms with van der Waals surface area (Å²) >= 11 is 0. The lowest BCUT2D eigenvalue weighted by molar-refractivity contribution is 0.386. The van der Waals surface area contributed by atoms with Crippen LogP contribution in [0.2, 0.25) is 0 Å². The predicted molar refractivity (Wildman–Crippen MR) is 44.7 cm³/mol. The fourth-order valence-electron chi connectivity index (χ4n) is 1.41. The van der Waals surface area contributed by atoms with Crippen LogP contribution < -0.4 is 0 Å². The Morgan fingerprint density at radius 1 is 1.30 bits per heavy atom. The van der Waals surface area contributed by atoms with Gasteiger partial charge in [-0.05, 0) is 31.6 Å². The van der Waals surface area contributed by atoms with Crippen LogP contribution in [-0.4, -0.2) is 0 Å². The fourth-order valence-corrected chi connectivity index (χ4v) is 1.41. The first-order chi connectivity index (χ1) is 4.93. The van der Waals surface area contributed by atoms with Crippen molar-refractivity contribution in [3.8, 4) is 0 Å². The second-order valence-corrected chi connectivity index (χ2v) is 3.29. The van der Waals surface area contributed by atoms with Gasteiger partial charge in [0.15, 0.2) is 0 Å². The zero-order valence-electron chi connectivity index (χ0n) is 7.03. The molecule has 0 bridgehead atoms. The minimum atomic E-state index is 0.886. The van der Waals surface area contributed by atoms with Crippen molar-refractivity contribution in [2.45, 2.75) is 51.9 Å². The van der Waals surface area contributed by atoms with Crippen molar-refractivity contribution in [2.75, 3.05) is 0 Å². The molecule has 2 radical (unpaired) electrons. The van der Waals surface area contributed by atoms with Crippen molar-refractivity contribution >= 4 is 0 Å². The van der Waals surface area contributed by atoms with Crippen molar-refractivity contribution in [1.82, 2.24) is 0 Å². The monoisotopic (exact) mass is 138 g/mol. The van der Waals surface area contributed by atoms with E-state index < -0.39 is 0 Å². The molecule has 0 aromatic heterocycles. The van der Waals surface area contributed by atoms with Crippen LogP contribution in [-0.2, 0) is 0 Å². The van der Waals surface area contributed by atoms with Crippen molar-refractivity contribution in [1.29, 1.82) is 0 Å². The molecule has 0 heteroatoms. The standard InChI is InChI=1S/C10H18/c1-2-3-4-5-7-10-8-6-9-10/h10H,2-8H2,1H3. The predicted octanol–water partition coefficient (Wildman–Crippen LogP) is 3.45. The maximum absolute atomic E-state index is 3.42. The number of rotatable bonds is 5. The summed E-state index contributed by atoms with van der Waals surface area (Å²) in [5.74, 6) is 0.886. The van der Waals surface area contributed by atoms with Gasteiger partial charge in [0.05, 0.1) is 0 Å². The quantitative estimate of drug-likeness (QED) is 0.510. The van der Waals surface area contributed by atoms with Gasteiger partial charge in [0.2, 0.25) is 0 Å². The van der Waals surface area contributed by atoms with Gasteiger partial charge in [0.1, 0.15) is 0 Å². The molecule has 0 spiro atoms. The molecule has 1 fully saturated rings. The lowest BCUT2D eigenvalue weighted by atomic mass is 9.82. The van der Waals surface area contributed by atoms with Gasteiger partial charge in [0.25, 0.3) is 0 Å². The maximum atomic E-state index is 3.42. The molecule has 10 heavy (non-hydrogen) atoms. The molecule has 0 aromatic rings. The van der Waals surface area contributed by atoms with Crippen LogP contribution >= 0.6 is 0 Å². The van der Waals surface area contributed by atoms with Gasteiger partial charge >= 0.3 is 0 Å². The second kappa shape index (κ2) is 4.76. The molecule has 58 valence electrons. The van der Waals surface area contributed by atoms with Gasteiger partial charge in [-0.25, -0.2) is 0 Å². The summed E-state index contributed by atoms with van der Waals surface area (Å²) < 4.78 is 0. The summed E-state index contributed by atoms with van der Waals surface area (Å²) in [6, 6.07) is 0. The van der Waals surface area contributed by atoms with E-state index in [0.717, 1.165) is 5.92 Å². The molecule has 0 amide bonds. The zero-order valence-corrected chi connectivity index (χ0v) is 7.03. The summed E-state index contributed by atoms with van der Waals surface area (Å²) in [6.45, 7) is 2.27. The lowest BCUT2D eigenvalue weighted by Crippen LogP contribution is -2.11. The molecular weight excluding hydrogens is 120 g/mol. The minimum absolute atomic E-state index is 0.886. The third kappa shape index (κ3) is 2.72. The summed E-state index contributed by atoms with van der Waals surface area (Å²) in [5.41, 5.74) is 0. The minimum Gasteiger partial charge on any atom is -0.0654 e. The Kier molecular flexibility index (Phi) is 3.86. The Morgan fingerprint density at radius 2 is 2.10 bits per heavy atom. The molecule has 1 aliphatic rings. The number of hydrogen-bond donors (Lipinski definition) is 0. The van der Waals surface area contributed by atoms with E-state index in [-0.39, 0.29) is 0 Å². The van der Waals surface area contributed by atoms with Crippen LogP contribution in [0.1, 0.15) is 51.9 Å². The van der Waals surface area contributed by atoms with Gasteiger partial charge in [-0.1, -0.05) is 32.6 Å². The third-order valence-corrected chi connectivity index (χ3v) is 2.33. The first-order valence-corrected chi connectivity index (χ1v) is 4.67. The molecule has 0 saturated heterocycles. The van der Waals surface area contributed by atoms with E-state index in [1.807, 2.05) is 0 Å². The molecule has 1 rings (SSSR count). The van der Waals surface area contributed by atoms with Crippen molar-refractivity contribution in [3.05, 3.63) is 6.42 Å². The van der Waals surface area contributed by atoms with Gasteiger partial charge in [0, 0.05) is 0 Å². The second-order valence-electron chi connectivity index (χ2n) is 3.29. The van der Waals surface area contributed by atoms with Crippen molar-refractivity contribution in [2.24, 2.45) is 5.92 Å². The molecule has 0 N–H and O–H groups in total. The van der Waals surface area contributed by atoms with Crippen molar-refractivity contribution < 1.29 is 0 Å². The fraction of sp³-hybridized carbons (Fsp3) is 0.900. The Labute approximate surface area is 65.0 Å². The third-order valence-electron chi connectivity index (χ3n) is 2.33. The van der Waals surface area contributed by atoms with Crippen LogP contribution in [0, 0.1) is 12.3 Å². The van der Waals surface area contributed by atoms with E-state index >= 15 is 0 Å². The molecule has 0 nitrogen and oxygen atoms in total. The van der Waals surface area contributed by atoms with Crippen LogP contribution in [0.3, 0.4) is 0 Å². The highest BCUT2D eigenvalue weighted by Gasteiger charge is 2.16. The Bertz CT molecular complexity index is 72.1. The molecule has 0 aliphatic heterocycles. The average molecular weight is 138 g/mol. The summed E-state index contributed by atoms with van der Waals surface area (Å²) in [6.07, 6.45) is 13.2. The van der Waals surface area contributed by atoms with Crippen LogP contribution in [0.4, 0.5) is 0 Å². The van der Waals surface area contributed by atoms with E-state index in [4.69, 9.17) is 0 Å². The SMILES string of the molecule is CCCCCCC1[C]CC1. The molecule has 1 unspecified atom stereocenters. The molecular formula is C10H18. The first kappa shape index (κ1) is 8.10. The maximum Gasteiger partial charge on any atom is -0.0140 e. The van der Waals surface area contributed by atoms with E-state index in [0.29, 0.717) is 0 Å². The van der Waals surface area contributed by atoms with Crippen molar-refractivity contribution in [3.63, 3.8) is 0 Å². The molecule has 1 saturated carbocycles. The van der Waals surface area contributed by atoms with E-state index in [1.54, 1.807) is 0 Å². The highest BCUT2D eigenvalue weighted by Crippen LogP contribution is 2.29. The van der Waals surface area contributed by atoms with E-state index in [9.17, 15) is 0 Å². The Morgan fingerprint density at radius 3 is 2.60 bits per heavy atom. The van der Waals surface area contributed by atoms with Gasteiger partial charge in [-0.3, -0.25) is 0 Å². The Hall–Kier alpha value is 0. The molecule has 0 aromatic carbocycles. The van der Waals surface area contributed by atoms with Crippen LogP contribution in [0.5, 0.6) is 0 Å². The first-order valence-electron chi connectivity index (χ1n) is 4.67. The topological polar surface area (TPSA) is 0 Å². The van der Waals surface area contributed by atoms with Gasteiger partial charge in [-0.2, -0.15) is 0 Å². The normalized spacial score (nSPS) is 18.9. The largest absolute Gasteiger partial charge is 0.0654 e. The smallest absolute Gasteiger partial charge is 0.0140 e. The van der Waals surface area contributed by atoms with E-state index in [2.05, 4.69) is 13.3 Å². The van der Waals surface area contributed by atoms with Crippen LogP contribution in [0.25, 0.3) is 0 Å². The average Bonchev–Trinajstić information content (AvgIpc) is 1.84. The number of hydrogen-bond acceptors (Lipinski definition) is 0. The van der Waals surface area contributed by atoms with Gasteiger partial charge < -0.3 is 0 Å².